The Morgan fingerprint density at radius 1 is 1.42 bits per heavy atom. The highest BCUT2D eigenvalue weighted by atomic mass is 16.5. The number of hydrogen-bond donors (Lipinski definition) is 1. The summed E-state index contributed by atoms with van der Waals surface area (Å²) in [6, 6.07) is 9.59. The molecule has 0 aliphatic carbocycles. The lowest BCUT2D eigenvalue weighted by molar-refractivity contribution is -0.133. The van der Waals surface area contributed by atoms with E-state index in [0.717, 1.165) is 24.1 Å². The zero-order valence-corrected chi connectivity index (χ0v) is 14.0. The summed E-state index contributed by atoms with van der Waals surface area (Å²) in [6.45, 7) is 0.615. The lowest BCUT2D eigenvalue weighted by Gasteiger charge is -2.31. The van der Waals surface area contributed by atoms with Crippen molar-refractivity contribution in [3.63, 3.8) is 0 Å². The zero-order valence-electron chi connectivity index (χ0n) is 14.0. The summed E-state index contributed by atoms with van der Waals surface area (Å²) in [5.74, 6) is -0.112. The molecule has 0 unspecified atom stereocenters. The van der Waals surface area contributed by atoms with Crippen LogP contribution in [0.25, 0.3) is 0 Å². The Labute approximate surface area is 141 Å². The van der Waals surface area contributed by atoms with Crippen molar-refractivity contribution < 1.29 is 14.3 Å². The maximum absolute atomic E-state index is 12.6. The monoisotopic (exact) mass is 329 g/mol. The molecule has 0 bridgehead atoms. The Bertz CT molecular complexity index is 671. The number of ether oxygens (including phenoxy) is 2. The molecule has 2 aromatic rings. The average Bonchev–Trinajstić information content (AvgIpc) is 3.03. The van der Waals surface area contributed by atoms with Crippen LogP contribution in [0.3, 0.4) is 0 Å². The van der Waals surface area contributed by atoms with Gasteiger partial charge in [-0.3, -0.25) is 4.79 Å². The number of aryl methyl sites for hydroxylation is 1. The van der Waals surface area contributed by atoms with Crippen molar-refractivity contribution in [3.05, 3.63) is 54.1 Å². The maximum Gasteiger partial charge on any atom is 0.253 e. The number of carbonyl (C=O) groups excluding carboxylic acids is 1. The highest BCUT2D eigenvalue weighted by Crippen LogP contribution is 2.28. The van der Waals surface area contributed by atoms with Crippen molar-refractivity contribution in [2.45, 2.75) is 31.1 Å². The minimum atomic E-state index is -0.593. The van der Waals surface area contributed by atoms with E-state index >= 15 is 0 Å². The van der Waals surface area contributed by atoms with E-state index in [-0.39, 0.29) is 18.1 Å². The smallest absolute Gasteiger partial charge is 0.253 e. The van der Waals surface area contributed by atoms with E-state index in [9.17, 15) is 4.79 Å². The second-order valence-corrected chi connectivity index (χ2v) is 6.05. The molecule has 1 amide bonds. The molecule has 0 spiro atoms. The molecule has 1 aromatic heterocycles. The maximum atomic E-state index is 12.6. The number of methoxy groups -OCH3 is 1. The Balaban J connectivity index is 1.64. The quantitative estimate of drug-likeness (QED) is 0.913. The van der Waals surface area contributed by atoms with Crippen LogP contribution in [0.4, 0.5) is 0 Å². The molecule has 6 heteroatoms. The number of benzene rings is 1. The van der Waals surface area contributed by atoms with Gasteiger partial charge in [0.2, 0.25) is 0 Å². The largest absolute Gasteiger partial charge is 0.372 e. The minimum Gasteiger partial charge on any atom is -0.372 e. The first-order valence-electron chi connectivity index (χ1n) is 8.15. The van der Waals surface area contributed by atoms with Crippen LogP contribution in [-0.2, 0) is 21.3 Å². The molecule has 1 N–H and O–H groups in total. The van der Waals surface area contributed by atoms with Gasteiger partial charge in [0, 0.05) is 26.8 Å². The first-order valence-corrected chi connectivity index (χ1v) is 8.15. The van der Waals surface area contributed by atoms with Crippen LogP contribution in [0.1, 0.15) is 36.3 Å². The van der Waals surface area contributed by atoms with E-state index in [4.69, 9.17) is 9.47 Å². The molecule has 0 radical (unpaired) electrons. The molecular formula is C18H23N3O3. The summed E-state index contributed by atoms with van der Waals surface area (Å²) in [6.07, 6.45) is 4.47. The van der Waals surface area contributed by atoms with Gasteiger partial charge in [0.05, 0.1) is 18.2 Å². The van der Waals surface area contributed by atoms with Crippen molar-refractivity contribution >= 4 is 5.91 Å². The topological polar surface area (TPSA) is 65.4 Å². The fourth-order valence-electron chi connectivity index (χ4n) is 3.11. The van der Waals surface area contributed by atoms with E-state index < -0.39 is 6.10 Å². The normalized spacial score (nSPS) is 22.1. The number of amides is 1. The van der Waals surface area contributed by atoms with Crippen LogP contribution in [0.2, 0.25) is 0 Å². The molecule has 3 rings (SSSR count). The van der Waals surface area contributed by atoms with Crippen molar-refractivity contribution in [2.24, 2.45) is 7.05 Å². The first kappa shape index (κ1) is 16.7. The number of aromatic nitrogens is 2. The van der Waals surface area contributed by atoms with Gasteiger partial charge in [-0.2, -0.15) is 0 Å². The number of rotatable bonds is 5. The zero-order chi connectivity index (χ0) is 16.9. The fraction of sp³-hybridized carbons (Fsp3) is 0.444. The minimum absolute atomic E-state index is 0.0470. The Kier molecular flexibility index (Phi) is 5.27. The SMILES string of the molecule is CO[C@H](C(=O)N[C@H]1CCO[C@@H](c2cncn2C)C1)c1ccccc1. The fourth-order valence-corrected chi connectivity index (χ4v) is 3.11. The van der Waals surface area contributed by atoms with Crippen LogP contribution in [0.15, 0.2) is 42.9 Å². The van der Waals surface area contributed by atoms with Crippen LogP contribution in [0, 0.1) is 0 Å². The number of nitrogens with zero attached hydrogens (tertiary/aromatic N) is 2. The van der Waals surface area contributed by atoms with Gasteiger partial charge < -0.3 is 19.4 Å². The van der Waals surface area contributed by atoms with Gasteiger partial charge in [-0.1, -0.05) is 30.3 Å². The van der Waals surface area contributed by atoms with Gasteiger partial charge in [-0.05, 0) is 18.4 Å². The summed E-state index contributed by atoms with van der Waals surface area (Å²) in [5.41, 5.74) is 1.88. The first-order chi connectivity index (χ1) is 11.7. The van der Waals surface area contributed by atoms with Gasteiger partial charge in [-0.15, -0.1) is 0 Å². The van der Waals surface area contributed by atoms with Gasteiger partial charge in [0.15, 0.2) is 6.10 Å². The molecule has 24 heavy (non-hydrogen) atoms. The second-order valence-electron chi connectivity index (χ2n) is 6.05. The van der Waals surface area contributed by atoms with Crippen LogP contribution in [-0.4, -0.2) is 35.2 Å². The highest BCUT2D eigenvalue weighted by molar-refractivity contribution is 5.82. The third kappa shape index (κ3) is 3.66. The molecule has 3 atom stereocenters. The van der Waals surface area contributed by atoms with Crippen molar-refractivity contribution in [3.8, 4) is 0 Å². The van der Waals surface area contributed by atoms with Gasteiger partial charge >= 0.3 is 0 Å². The predicted octanol–water partition coefficient (Wildman–Crippen LogP) is 2.14. The summed E-state index contributed by atoms with van der Waals surface area (Å²) in [5, 5.41) is 3.11. The number of hydrogen-bond acceptors (Lipinski definition) is 4. The molecule has 128 valence electrons. The lowest BCUT2D eigenvalue weighted by atomic mass is 10.00. The Hall–Kier alpha value is -2.18. The molecule has 2 heterocycles. The summed E-state index contributed by atoms with van der Waals surface area (Å²) < 4.78 is 13.2. The number of carbonyl (C=O) groups is 1. The van der Waals surface area contributed by atoms with Crippen LogP contribution >= 0.6 is 0 Å². The molecule has 1 aromatic carbocycles. The molecule has 6 nitrogen and oxygen atoms in total. The van der Waals surface area contributed by atoms with E-state index in [2.05, 4.69) is 10.3 Å². The van der Waals surface area contributed by atoms with Crippen molar-refractivity contribution in [2.75, 3.05) is 13.7 Å². The Morgan fingerprint density at radius 2 is 2.21 bits per heavy atom. The summed E-state index contributed by atoms with van der Waals surface area (Å²) >= 11 is 0. The molecule has 1 saturated heterocycles. The second kappa shape index (κ2) is 7.59. The summed E-state index contributed by atoms with van der Waals surface area (Å²) in [4.78, 5) is 16.7. The highest BCUT2D eigenvalue weighted by Gasteiger charge is 2.29. The van der Waals surface area contributed by atoms with Crippen LogP contribution < -0.4 is 5.32 Å². The van der Waals surface area contributed by atoms with Gasteiger partial charge in [-0.25, -0.2) is 4.98 Å². The van der Waals surface area contributed by atoms with Crippen molar-refractivity contribution in [1.29, 1.82) is 0 Å². The average molecular weight is 329 g/mol. The van der Waals surface area contributed by atoms with E-state index in [1.54, 1.807) is 13.4 Å². The number of nitrogens with one attached hydrogen (secondary N) is 1. The molecule has 1 fully saturated rings. The van der Waals surface area contributed by atoms with Crippen molar-refractivity contribution in [1.82, 2.24) is 14.9 Å². The van der Waals surface area contributed by atoms with Gasteiger partial charge in [0.1, 0.15) is 6.10 Å². The van der Waals surface area contributed by atoms with Crippen LogP contribution in [0.5, 0.6) is 0 Å². The third-order valence-corrected chi connectivity index (χ3v) is 4.39. The lowest BCUT2D eigenvalue weighted by Crippen LogP contribution is -2.42. The number of imidazole rings is 1. The third-order valence-electron chi connectivity index (χ3n) is 4.39. The molecule has 1 aliphatic heterocycles. The summed E-state index contributed by atoms with van der Waals surface area (Å²) in [7, 11) is 3.50. The Morgan fingerprint density at radius 3 is 2.88 bits per heavy atom. The van der Waals surface area contributed by atoms with E-state index in [1.807, 2.05) is 48.1 Å². The molecule has 0 saturated carbocycles. The van der Waals surface area contributed by atoms with E-state index in [0.29, 0.717) is 6.61 Å². The van der Waals surface area contributed by atoms with E-state index in [1.165, 1.54) is 0 Å². The molecule has 1 aliphatic rings. The standard InChI is InChI=1S/C18H23N3O3/c1-21-12-19-11-15(21)16-10-14(8-9-24-16)20-18(22)17(23-2)13-6-4-3-5-7-13/h3-7,11-12,14,16-17H,8-10H2,1-2H3,(H,20,22)/t14-,16+,17-/m0/s1. The van der Waals surface area contributed by atoms with Gasteiger partial charge in [0.25, 0.3) is 5.91 Å². The molecular weight excluding hydrogens is 306 g/mol. The predicted molar refractivity (Wildman–Crippen MR) is 89.3 cm³/mol.